The van der Waals surface area contributed by atoms with Crippen molar-refractivity contribution in [2.75, 3.05) is 29.5 Å². The molecule has 4 aromatic rings. The molecule has 2 aromatic carbocycles. The Morgan fingerprint density at radius 3 is 2.78 bits per heavy atom. The molecule has 36 heavy (non-hydrogen) atoms. The minimum absolute atomic E-state index is 0.0271. The van der Waals surface area contributed by atoms with Crippen molar-refractivity contribution in [3.8, 4) is 17.0 Å². The molecule has 4 N–H and O–H groups in total. The molecular formula is C27H25N7O2. The Bertz CT molecular complexity index is 1420. The quantitative estimate of drug-likeness (QED) is 0.406. The molecular weight excluding hydrogens is 454 g/mol. The van der Waals surface area contributed by atoms with Crippen LogP contribution in [0.2, 0.25) is 0 Å². The van der Waals surface area contributed by atoms with E-state index in [1.807, 2.05) is 66.7 Å². The molecule has 5 rings (SSSR count). The highest BCUT2D eigenvalue weighted by atomic mass is 16.5. The number of aromatic nitrogens is 3. The molecule has 1 amide bonds. The number of nitrogens with two attached hydrogens (primary N) is 1. The Balaban J connectivity index is 1.58. The van der Waals surface area contributed by atoms with Gasteiger partial charge in [-0.05, 0) is 23.8 Å². The van der Waals surface area contributed by atoms with E-state index in [0.717, 1.165) is 11.3 Å². The third-order valence-corrected chi connectivity index (χ3v) is 5.68. The van der Waals surface area contributed by atoms with Crippen molar-refractivity contribution >= 4 is 23.1 Å². The molecule has 2 aromatic heterocycles. The number of nitrogen functional groups attached to an aromatic ring is 1. The van der Waals surface area contributed by atoms with Crippen LogP contribution in [-0.4, -0.2) is 34.5 Å². The average molecular weight is 480 g/mol. The van der Waals surface area contributed by atoms with Crippen molar-refractivity contribution in [1.82, 2.24) is 20.3 Å². The van der Waals surface area contributed by atoms with E-state index in [1.165, 1.54) is 6.20 Å². The van der Waals surface area contributed by atoms with Crippen molar-refractivity contribution in [2.45, 2.75) is 6.54 Å². The van der Waals surface area contributed by atoms with Crippen LogP contribution in [0.15, 0.2) is 91.2 Å². The maximum atomic E-state index is 13.1. The van der Waals surface area contributed by atoms with Crippen LogP contribution in [0.3, 0.4) is 0 Å². The lowest BCUT2D eigenvalue weighted by atomic mass is 10.1. The second-order valence-electron chi connectivity index (χ2n) is 8.27. The van der Waals surface area contributed by atoms with Gasteiger partial charge in [-0.3, -0.25) is 9.78 Å². The Labute approximate surface area is 208 Å². The summed E-state index contributed by atoms with van der Waals surface area (Å²) in [5.74, 6) is 0.813. The van der Waals surface area contributed by atoms with Crippen molar-refractivity contribution in [1.29, 1.82) is 0 Å². The van der Waals surface area contributed by atoms with E-state index in [2.05, 4.69) is 37.7 Å². The van der Waals surface area contributed by atoms with Gasteiger partial charge in [0.05, 0.1) is 36.0 Å². The molecule has 180 valence electrons. The van der Waals surface area contributed by atoms with Gasteiger partial charge in [-0.1, -0.05) is 42.5 Å². The number of anilines is 3. The molecule has 2 bridgehead atoms. The lowest BCUT2D eigenvalue weighted by Gasteiger charge is -2.24. The Morgan fingerprint density at radius 2 is 1.92 bits per heavy atom. The minimum Gasteiger partial charge on any atom is -0.458 e. The van der Waals surface area contributed by atoms with E-state index >= 15 is 0 Å². The molecule has 0 radical (unpaired) electrons. The monoisotopic (exact) mass is 479 g/mol. The highest BCUT2D eigenvalue weighted by molar-refractivity contribution is 6.07. The van der Waals surface area contributed by atoms with Crippen molar-refractivity contribution in [3.05, 3.63) is 102 Å². The number of hydrogen-bond acceptors (Lipinski definition) is 8. The molecule has 0 unspecified atom stereocenters. The number of para-hydroxylation sites is 1. The normalized spacial score (nSPS) is 14.3. The predicted octanol–water partition coefficient (Wildman–Crippen LogP) is 3.83. The zero-order valence-electron chi connectivity index (χ0n) is 19.7. The van der Waals surface area contributed by atoms with Crippen LogP contribution in [-0.2, 0) is 6.54 Å². The van der Waals surface area contributed by atoms with Gasteiger partial charge in [0.2, 0.25) is 0 Å². The molecule has 0 fully saturated rings. The molecule has 1 aliphatic rings. The van der Waals surface area contributed by atoms with Crippen LogP contribution in [0.1, 0.15) is 16.1 Å². The Morgan fingerprint density at radius 1 is 1.11 bits per heavy atom. The number of carbonyl (C=O) groups is 1. The van der Waals surface area contributed by atoms with E-state index in [9.17, 15) is 4.79 Å². The summed E-state index contributed by atoms with van der Waals surface area (Å²) in [7, 11) is 1.92. The zero-order chi connectivity index (χ0) is 24.9. The third kappa shape index (κ3) is 4.95. The van der Waals surface area contributed by atoms with Gasteiger partial charge in [0, 0.05) is 31.6 Å². The summed E-state index contributed by atoms with van der Waals surface area (Å²) >= 11 is 0. The lowest BCUT2D eigenvalue weighted by Crippen LogP contribution is -2.26. The van der Waals surface area contributed by atoms with Gasteiger partial charge in [0.15, 0.2) is 11.5 Å². The number of fused-ring (bicyclic) bond motifs is 5. The first kappa shape index (κ1) is 22.9. The number of nitrogens with one attached hydrogen (secondary N) is 2. The summed E-state index contributed by atoms with van der Waals surface area (Å²) < 4.78 is 6.42. The molecule has 0 atom stereocenters. The number of likely N-dealkylation sites (N-methyl/N-ethyl adjacent to an activating group) is 1. The second kappa shape index (κ2) is 10.1. The van der Waals surface area contributed by atoms with Crippen molar-refractivity contribution in [2.24, 2.45) is 0 Å². The van der Waals surface area contributed by atoms with Gasteiger partial charge >= 0.3 is 0 Å². The summed E-state index contributed by atoms with van der Waals surface area (Å²) in [6.07, 6.45) is 6.65. The highest BCUT2D eigenvalue weighted by Gasteiger charge is 2.21. The molecule has 0 spiro atoms. The lowest BCUT2D eigenvalue weighted by molar-refractivity contribution is 0.102. The molecule has 9 nitrogen and oxygen atoms in total. The van der Waals surface area contributed by atoms with Gasteiger partial charge in [-0.2, -0.15) is 0 Å². The number of hydrogen-bond donors (Lipinski definition) is 3. The number of amides is 1. The first-order valence-electron chi connectivity index (χ1n) is 11.4. The number of rotatable bonds is 3. The zero-order valence-corrected chi connectivity index (χ0v) is 19.7. The SMILES string of the molecule is CN1C/C(=C/NCc2ccccc2)Oc2ccccc2-c2cnc(N)c(n2)C(=O)Nc2cnccc21. The summed E-state index contributed by atoms with van der Waals surface area (Å²) in [5.41, 5.74) is 9.63. The van der Waals surface area contributed by atoms with E-state index in [1.54, 1.807) is 12.4 Å². The Hall–Kier alpha value is -4.92. The van der Waals surface area contributed by atoms with Crippen LogP contribution < -0.4 is 26.0 Å². The number of carbonyl (C=O) groups excluding carboxylic acids is 1. The van der Waals surface area contributed by atoms with Crippen LogP contribution in [0, 0.1) is 0 Å². The van der Waals surface area contributed by atoms with E-state index in [0.29, 0.717) is 41.5 Å². The molecule has 0 aliphatic carbocycles. The third-order valence-electron chi connectivity index (χ3n) is 5.68. The van der Waals surface area contributed by atoms with Gasteiger partial charge in [-0.25, -0.2) is 9.97 Å². The fraction of sp³-hybridized carbons (Fsp3) is 0.111. The first-order chi connectivity index (χ1) is 17.6. The van der Waals surface area contributed by atoms with Gasteiger partial charge in [0.1, 0.15) is 11.5 Å². The summed E-state index contributed by atoms with van der Waals surface area (Å²) in [6.45, 7) is 1.05. The number of pyridine rings is 1. The number of nitrogens with zero attached hydrogens (tertiary/aromatic N) is 4. The van der Waals surface area contributed by atoms with Crippen LogP contribution in [0.25, 0.3) is 11.3 Å². The van der Waals surface area contributed by atoms with Crippen LogP contribution in [0.4, 0.5) is 17.2 Å². The van der Waals surface area contributed by atoms with Gasteiger partial charge < -0.3 is 26.0 Å². The van der Waals surface area contributed by atoms with Gasteiger partial charge in [0.25, 0.3) is 5.91 Å². The molecule has 9 heteroatoms. The van der Waals surface area contributed by atoms with Crippen LogP contribution >= 0.6 is 0 Å². The molecule has 0 saturated heterocycles. The first-order valence-corrected chi connectivity index (χ1v) is 11.4. The largest absolute Gasteiger partial charge is 0.458 e. The smallest absolute Gasteiger partial charge is 0.278 e. The average Bonchev–Trinajstić information content (AvgIpc) is 2.90. The van der Waals surface area contributed by atoms with E-state index < -0.39 is 5.91 Å². The summed E-state index contributed by atoms with van der Waals surface area (Å²) in [4.78, 5) is 28.0. The summed E-state index contributed by atoms with van der Waals surface area (Å²) in [6, 6.07) is 19.4. The van der Waals surface area contributed by atoms with Crippen molar-refractivity contribution in [3.63, 3.8) is 0 Å². The van der Waals surface area contributed by atoms with Crippen molar-refractivity contribution < 1.29 is 9.53 Å². The predicted molar refractivity (Wildman–Crippen MR) is 139 cm³/mol. The fourth-order valence-corrected chi connectivity index (χ4v) is 3.91. The molecule has 3 heterocycles. The standard InChI is InChI=1S/C27H25N7O2/c1-34-17-19(14-30-13-18-7-3-2-4-8-18)36-24-10-6-5-9-20(24)21-16-31-26(28)25(32-21)27(35)33-22-15-29-12-11-23(22)34/h2-12,14-16,30H,13,17H2,1H3,(H2,28,31)(H,33,35)/b19-14-. The molecule has 0 saturated carbocycles. The number of benzene rings is 2. The molecule has 1 aliphatic heterocycles. The van der Waals surface area contributed by atoms with E-state index in [4.69, 9.17) is 10.5 Å². The fourth-order valence-electron chi connectivity index (χ4n) is 3.91. The maximum absolute atomic E-state index is 13.1. The summed E-state index contributed by atoms with van der Waals surface area (Å²) in [5, 5.41) is 6.23. The highest BCUT2D eigenvalue weighted by Crippen LogP contribution is 2.32. The second-order valence-corrected chi connectivity index (χ2v) is 8.27. The topological polar surface area (TPSA) is 118 Å². The minimum atomic E-state index is -0.470. The maximum Gasteiger partial charge on any atom is 0.278 e. The van der Waals surface area contributed by atoms with Gasteiger partial charge in [-0.15, -0.1) is 0 Å². The number of ether oxygens (including phenoxy) is 1. The van der Waals surface area contributed by atoms with Crippen LogP contribution in [0.5, 0.6) is 5.75 Å². The van der Waals surface area contributed by atoms with E-state index in [-0.39, 0.29) is 11.5 Å². The Kier molecular flexibility index (Phi) is 6.44.